The van der Waals surface area contributed by atoms with Gasteiger partial charge in [-0.3, -0.25) is 4.79 Å². The maximum atomic E-state index is 12.2. The second-order valence-corrected chi connectivity index (χ2v) is 5.41. The minimum atomic E-state index is -0.0715. The molecule has 0 saturated heterocycles. The summed E-state index contributed by atoms with van der Waals surface area (Å²) >= 11 is 0. The van der Waals surface area contributed by atoms with Crippen LogP contribution in [-0.4, -0.2) is 26.2 Å². The van der Waals surface area contributed by atoms with Gasteiger partial charge in [0.15, 0.2) is 11.5 Å². The number of hydrogen-bond acceptors (Lipinski definition) is 3. The van der Waals surface area contributed by atoms with E-state index in [2.05, 4.69) is 11.4 Å². The number of allylic oxidation sites excluding steroid dienone is 1. The second-order valence-electron chi connectivity index (χ2n) is 5.41. The zero-order valence-electron chi connectivity index (χ0n) is 13.5. The van der Waals surface area contributed by atoms with Gasteiger partial charge < -0.3 is 14.8 Å². The monoisotopic (exact) mass is 303 g/mol. The fourth-order valence-electron chi connectivity index (χ4n) is 2.65. The molecule has 0 saturated carbocycles. The van der Waals surface area contributed by atoms with Crippen LogP contribution < -0.4 is 14.8 Å². The number of nitrogens with one attached hydrogen (secondary N) is 1. The Morgan fingerprint density at radius 1 is 1.27 bits per heavy atom. The van der Waals surface area contributed by atoms with Crippen molar-refractivity contribution < 1.29 is 14.3 Å². The van der Waals surface area contributed by atoms with Crippen LogP contribution in [0.25, 0.3) is 0 Å². The van der Waals surface area contributed by atoms with Gasteiger partial charge in [-0.05, 0) is 57.2 Å². The van der Waals surface area contributed by atoms with Gasteiger partial charge in [0, 0.05) is 12.1 Å². The van der Waals surface area contributed by atoms with E-state index in [1.54, 1.807) is 25.3 Å². The predicted molar refractivity (Wildman–Crippen MR) is 87.7 cm³/mol. The summed E-state index contributed by atoms with van der Waals surface area (Å²) in [5.74, 6) is 1.18. The number of rotatable bonds is 7. The van der Waals surface area contributed by atoms with E-state index in [1.165, 1.54) is 31.3 Å². The van der Waals surface area contributed by atoms with Gasteiger partial charge in [-0.1, -0.05) is 11.6 Å². The van der Waals surface area contributed by atoms with Crippen LogP contribution in [0, 0.1) is 0 Å². The summed E-state index contributed by atoms with van der Waals surface area (Å²) in [7, 11) is 1.58. The molecule has 4 heteroatoms. The number of benzene rings is 1. The van der Waals surface area contributed by atoms with E-state index in [4.69, 9.17) is 9.47 Å². The van der Waals surface area contributed by atoms with Crippen molar-refractivity contribution in [3.63, 3.8) is 0 Å². The average Bonchev–Trinajstić information content (AvgIpc) is 2.56. The third-order valence-corrected chi connectivity index (χ3v) is 3.84. The van der Waals surface area contributed by atoms with Crippen molar-refractivity contribution in [3.05, 3.63) is 35.4 Å². The van der Waals surface area contributed by atoms with Crippen molar-refractivity contribution >= 4 is 5.91 Å². The zero-order chi connectivity index (χ0) is 15.8. The summed E-state index contributed by atoms with van der Waals surface area (Å²) in [6.45, 7) is 3.16. The molecule has 4 nitrogen and oxygen atoms in total. The Hall–Kier alpha value is -1.97. The Labute approximate surface area is 132 Å². The van der Waals surface area contributed by atoms with Crippen LogP contribution in [0.1, 0.15) is 49.4 Å². The van der Waals surface area contributed by atoms with Crippen molar-refractivity contribution in [2.75, 3.05) is 20.3 Å². The molecule has 0 aliphatic heterocycles. The maximum Gasteiger partial charge on any atom is 0.251 e. The summed E-state index contributed by atoms with van der Waals surface area (Å²) in [6, 6.07) is 5.27. The van der Waals surface area contributed by atoms with Crippen LogP contribution in [0.4, 0.5) is 0 Å². The normalized spacial score (nSPS) is 14.2. The molecule has 2 rings (SSSR count). The molecule has 1 aromatic rings. The standard InChI is InChI=1S/C18H25NO3/c1-3-22-16-10-9-15(13-17(16)21-2)18(20)19-12-11-14-7-5-4-6-8-14/h7,9-10,13H,3-6,8,11-12H2,1-2H3,(H,19,20). The van der Waals surface area contributed by atoms with Crippen LogP contribution in [0.15, 0.2) is 29.8 Å². The quantitative estimate of drug-likeness (QED) is 0.781. The van der Waals surface area contributed by atoms with E-state index in [0.29, 0.717) is 30.2 Å². The lowest BCUT2D eigenvalue weighted by atomic mass is 9.97. The minimum Gasteiger partial charge on any atom is -0.493 e. The third kappa shape index (κ3) is 4.52. The summed E-state index contributed by atoms with van der Waals surface area (Å²) in [4.78, 5) is 12.2. The lowest BCUT2D eigenvalue weighted by Crippen LogP contribution is -2.24. The Bertz CT molecular complexity index is 537. The van der Waals surface area contributed by atoms with Crippen molar-refractivity contribution in [2.24, 2.45) is 0 Å². The summed E-state index contributed by atoms with van der Waals surface area (Å²) < 4.78 is 10.7. The summed E-state index contributed by atoms with van der Waals surface area (Å²) in [6.07, 6.45) is 8.18. The van der Waals surface area contributed by atoms with E-state index < -0.39 is 0 Å². The Kier molecular flexibility index (Phi) is 6.31. The van der Waals surface area contributed by atoms with Crippen molar-refractivity contribution in [1.82, 2.24) is 5.32 Å². The Balaban J connectivity index is 1.90. The molecule has 0 aromatic heterocycles. The fraction of sp³-hybridized carbons (Fsp3) is 0.500. The van der Waals surface area contributed by atoms with Gasteiger partial charge >= 0.3 is 0 Å². The van der Waals surface area contributed by atoms with Crippen LogP contribution in [0.5, 0.6) is 11.5 Å². The molecule has 22 heavy (non-hydrogen) atoms. The highest BCUT2D eigenvalue weighted by Crippen LogP contribution is 2.28. The minimum absolute atomic E-state index is 0.0715. The van der Waals surface area contributed by atoms with Crippen LogP contribution in [0.2, 0.25) is 0 Å². The lowest BCUT2D eigenvalue weighted by Gasteiger charge is -2.13. The van der Waals surface area contributed by atoms with E-state index in [1.807, 2.05) is 6.92 Å². The molecule has 1 aromatic carbocycles. The lowest BCUT2D eigenvalue weighted by molar-refractivity contribution is 0.0953. The first kappa shape index (κ1) is 16.4. The van der Waals surface area contributed by atoms with Gasteiger partial charge in [-0.25, -0.2) is 0 Å². The van der Waals surface area contributed by atoms with Gasteiger partial charge in [-0.15, -0.1) is 0 Å². The number of carbonyl (C=O) groups excluding carboxylic acids is 1. The molecule has 0 atom stereocenters. The highest BCUT2D eigenvalue weighted by atomic mass is 16.5. The van der Waals surface area contributed by atoms with E-state index >= 15 is 0 Å². The number of ether oxygens (including phenoxy) is 2. The fourth-order valence-corrected chi connectivity index (χ4v) is 2.65. The highest BCUT2D eigenvalue weighted by Gasteiger charge is 2.11. The molecule has 1 aliphatic rings. The molecule has 120 valence electrons. The first-order chi connectivity index (χ1) is 10.7. The van der Waals surface area contributed by atoms with Crippen LogP contribution in [-0.2, 0) is 0 Å². The molecule has 0 spiro atoms. The predicted octanol–water partition coefficient (Wildman–Crippen LogP) is 3.71. The van der Waals surface area contributed by atoms with E-state index in [-0.39, 0.29) is 5.91 Å². The summed E-state index contributed by atoms with van der Waals surface area (Å²) in [5, 5.41) is 2.97. The molecular formula is C18H25NO3. The van der Waals surface area contributed by atoms with E-state index in [9.17, 15) is 4.79 Å². The zero-order valence-corrected chi connectivity index (χ0v) is 13.5. The number of carbonyl (C=O) groups is 1. The van der Waals surface area contributed by atoms with Gasteiger partial charge in [0.1, 0.15) is 0 Å². The number of hydrogen-bond donors (Lipinski definition) is 1. The highest BCUT2D eigenvalue weighted by molar-refractivity contribution is 5.94. The van der Waals surface area contributed by atoms with Crippen LogP contribution >= 0.6 is 0 Å². The second kappa shape index (κ2) is 8.47. The molecule has 0 unspecified atom stereocenters. The SMILES string of the molecule is CCOc1ccc(C(=O)NCCC2=CCCCC2)cc1OC. The first-order valence-electron chi connectivity index (χ1n) is 8.01. The third-order valence-electron chi connectivity index (χ3n) is 3.84. The Morgan fingerprint density at radius 3 is 2.82 bits per heavy atom. The molecule has 1 N–H and O–H groups in total. The Morgan fingerprint density at radius 2 is 2.14 bits per heavy atom. The molecule has 1 amide bonds. The number of amides is 1. The van der Waals surface area contributed by atoms with Crippen LogP contribution in [0.3, 0.4) is 0 Å². The smallest absolute Gasteiger partial charge is 0.251 e. The number of methoxy groups -OCH3 is 1. The topological polar surface area (TPSA) is 47.6 Å². The molecular weight excluding hydrogens is 278 g/mol. The molecule has 0 heterocycles. The van der Waals surface area contributed by atoms with Crippen molar-refractivity contribution in [2.45, 2.75) is 39.0 Å². The largest absolute Gasteiger partial charge is 0.493 e. The van der Waals surface area contributed by atoms with Gasteiger partial charge in [0.2, 0.25) is 0 Å². The molecule has 1 aliphatic carbocycles. The van der Waals surface area contributed by atoms with Gasteiger partial charge in [0.05, 0.1) is 13.7 Å². The van der Waals surface area contributed by atoms with Gasteiger partial charge in [0.25, 0.3) is 5.91 Å². The molecule has 0 radical (unpaired) electrons. The van der Waals surface area contributed by atoms with Crippen molar-refractivity contribution in [1.29, 1.82) is 0 Å². The first-order valence-corrected chi connectivity index (χ1v) is 8.01. The molecule has 0 bridgehead atoms. The maximum absolute atomic E-state index is 12.2. The summed E-state index contributed by atoms with van der Waals surface area (Å²) in [5.41, 5.74) is 2.06. The van der Waals surface area contributed by atoms with Gasteiger partial charge in [-0.2, -0.15) is 0 Å². The van der Waals surface area contributed by atoms with E-state index in [0.717, 1.165) is 6.42 Å². The van der Waals surface area contributed by atoms with Crippen molar-refractivity contribution in [3.8, 4) is 11.5 Å². The molecule has 0 fully saturated rings. The average molecular weight is 303 g/mol.